The van der Waals surface area contributed by atoms with Gasteiger partial charge in [0.05, 0.1) is 7.11 Å². The summed E-state index contributed by atoms with van der Waals surface area (Å²) in [4.78, 5) is 13.2. The van der Waals surface area contributed by atoms with Gasteiger partial charge in [0.15, 0.2) is 5.78 Å². The SMILES string of the molecule is CCC1(CC)CCC(C(=O)/C(C)=C(\OC)C2CCC(CC)(CC)CC2)CC1. The van der Waals surface area contributed by atoms with Crippen molar-refractivity contribution in [1.82, 2.24) is 0 Å². The van der Waals surface area contributed by atoms with Crippen LogP contribution in [0.1, 0.15) is 112 Å². The molecule has 0 atom stereocenters. The lowest BCUT2D eigenvalue weighted by Gasteiger charge is -2.40. The van der Waals surface area contributed by atoms with Crippen molar-refractivity contribution in [1.29, 1.82) is 0 Å². The van der Waals surface area contributed by atoms with E-state index in [1.807, 2.05) is 6.92 Å². The summed E-state index contributed by atoms with van der Waals surface area (Å²) in [6.07, 6.45) is 14.5. The summed E-state index contributed by atoms with van der Waals surface area (Å²) < 4.78 is 5.84. The topological polar surface area (TPSA) is 26.3 Å². The van der Waals surface area contributed by atoms with Crippen LogP contribution in [0.3, 0.4) is 0 Å². The summed E-state index contributed by atoms with van der Waals surface area (Å²) >= 11 is 0. The van der Waals surface area contributed by atoms with Gasteiger partial charge in [-0.1, -0.05) is 53.4 Å². The molecule has 2 rings (SSSR count). The molecule has 27 heavy (non-hydrogen) atoms. The zero-order valence-corrected chi connectivity index (χ0v) is 19.0. The van der Waals surface area contributed by atoms with E-state index >= 15 is 0 Å². The smallest absolute Gasteiger partial charge is 0.165 e. The van der Waals surface area contributed by atoms with Crippen LogP contribution in [0.2, 0.25) is 0 Å². The number of carbonyl (C=O) groups is 1. The number of hydrogen-bond donors (Lipinski definition) is 0. The number of ketones is 1. The second-order valence-corrected chi connectivity index (χ2v) is 9.52. The van der Waals surface area contributed by atoms with E-state index in [4.69, 9.17) is 4.74 Å². The van der Waals surface area contributed by atoms with E-state index < -0.39 is 0 Å². The molecule has 0 heterocycles. The average Bonchev–Trinajstić information content (AvgIpc) is 2.74. The first-order valence-corrected chi connectivity index (χ1v) is 11.7. The third kappa shape index (κ3) is 4.80. The Morgan fingerprint density at radius 3 is 1.48 bits per heavy atom. The monoisotopic (exact) mass is 376 g/mol. The third-order valence-electron chi connectivity index (χ3n) is 8.79. The highest BCUT2D eigenvalue weighted by Gasteiger charge is 2.38. The quantitative estimate of drug-likeness (QED) is 0.324. The van der Waals surface area contributed by atoms with Crippen molar-refractivity contribution in [3.05, 3.63) is 11.3 Å². The maximum Gasteiger partial charge on any atom is 0.165 e. The normalized spacial score (nSPS) is 24.4. The molecule has 0 aromatic rings. The predicted octanol–water partition coefficient (Wildman–Crippen LogP) is 7.47. The molecule has 0 aliphatic heterocycles. The maximum atomic E-state index is 13.2. The summed E-state index contributed by atoms with van der Waals surface area (Å²) in [5.74, 6) is 2.04. The van der Waals surface area contributed by atoms with Gasteiger partial charge in [-0.3, -0.25) is 4.79 Å². The highest BCUT2D eigenvalue weighted by atomic mass is 16.5. The van der Waals surface area contributed by atoms with Crippen LogP contribution in [0.25, 0.3) is 0 Å². The number of methoxy groups -OCH3 is 1. The van der Waals surface area contributed by atoms with E-state index in [9.17, 15) is 4.79 Å². The number of rotatable bonds is 8. The maximum absolute atomic E-state index is 13.2. The predicted molar refractivity (Wildman–Crippen MR) is 115 cm³/mol. The first-order valence-electron chi connectivity index (χ1n) is 11.7. The summed E-state index contributed by atoms with van der Waals surface area (Å²) in [7, 11) is 1.77. The van der Waals surface area contributed by atoms with E-state index in [0.717, 1.165) is 24.2 Å². The van der Waals surface area contributed by atoms with E-state index in [1.165, 1.54) is 64.2 Å². The second kappa shape index (κ2) is 9.61. The van der Waals surface area contributed by atoms with Gasteiger partial charge in [-0.15, -0.1) is 0 Å². The molecule has 2 heteroatoms. The van der Waals surface area contributed by atoms with Crippen molar-refractivity contribution in [2.24, 2.45) is 22.7 Å². The van der Waals surface area contributed by atoms with Crippen LogP contribution >= 0.6 is 0 Å². The number of Topliss-reactive ketones (excluding diaryl/α,β-unsaturated/α-hetero) is 1. The highest BCUT2D eigenvalue weighted by molar-refractivity contribution is 5.97. The van der Waals surface area contributed by atoms with Crippen LogP contribution in [-0.2, 0) is 9.53 Å². The highest BCUT2D eigenvalue weighted by Crippen LogP contribution is 2.47. The largest absolute Gasteiger partial charge is 0.500 e. The zero-order chi connectivity index (χ0) is 20.1. The Labute approximate surface area is 168 Å². The summed E-state index contributed by atoms with van der Waals surface area (Å²) in [6, 6.07) is 0. The average molecular weight is 377 g/mol. The Hall–Kier alpha value is -0.790. The lowest BCUT2D eigenvalue weighted by atomic mass is 9.65. The van der Waals surface area contributed by atoms with Gasteiger partial charge in [0.1, 0.15) is 5.76 Å². The molecule has 2 aliphatic carbocycles. The van der Waals surface area contributed by atoms with Crippen molar-refractivity contribution in [2.75, 3.05) is 7.11 Å². The Kier molecular flexibility index (Phi) is 8.01. The van der Waals surface area contributed by atoms with Gasteiger partial charge in [0.25, 0.3) is 0 Å². The third-order valence-corrected chi connectivity index (χ3v) is 8.79. The number of hydrogen-bond acceptors (Lipinski definition) is 2. The van der Waals surface area contributed by atoms with Gasteiger partial charge in [-0.25, -0.2) is 0 Å². The van der Waals surface area contributed by atoms with Crippen molar-refractivity contribution in [2.45, 2.75) is 112 Å². The second-order valence-electron chi connectivity index (χ2n) is 9.52. The molecular formula is C25H44O2. The van der Waals surface area contributed by atoms with Crippen molar-refractivity contribution >= 4 is 5.78 Å². The Balaban J connectivity index is 2.05. The van der Waals surface area contributed by atoms with Gasteiger partial charge < -0.3 is 4.74 Å². The first-order chi connectivity index (χ1) is 12.9. The first kappa shape index (κ1) is 22.5. The van der Waals surface area contributed by atoms with Crippen LogP contribution in [0.4, 0.5) is 0 Å². The fraction of sp³-hybridized carbons (Fsp3) is 0.880. The molecule has 0 unspecified atom stereocenters. The molecule has 0 amide bonds. The standard InChI is InChI=1S/C25H44O2/c1-7-24(8-2)15-11-20(12-16-24)22(26)19(5)23(27-6)21-13-17-25(9-3,10-4)18-14-21/h20-21H,7-18H2,1-6H3/b23-19-. The van der Waals surface area contributed by atoms with Gasteiger partial charge in [-0.2, -0.15) is 0 Å². The van der Waals surface area contributed by atoms with Crippen LogP contribution in [-0.4, -0.2) is 12.9 Å². The number of ether oxygens (including phenoxy) is 1. The van der Waals surface area contributed by atoms with Gasteiger partial charge in [0.2, 0.25) is 0 Å². The van der Waals surface area contributed by atoms with Crippen LogP contribution in [0.5, 0.6) is 0 Å². The van der Waals surface area contributed by atoms with Crippen molar-refractivity contribution < 1.29 is 9.53 Å². The minimum absolute atomic E-state index is 0.218. The minimum Gasteiger partial charge on any atom is -0.500 e. The molecule has 0 N–H and O–H groups in total. The molecule has 0 radical (unpaired) electrons. The Bertz CT molecular complexity index is 502. The molecule has 0 bridgehead atoms. The molecular weight excluding hydrogens is 332 g/mol. The molecule has 0 aromatic carbocycles. The lowest BCUT2D eigenvalue weighted by Crippen LogP contribution is -2.31. The summed E-state index contributed by atoms with van der Waals surface area (Å²) in [6.45, 7) is 11.3. The molecule has 156 valence electrons. The Morgan fingerprint density at radius 1 is 0.778 bits per heavy atom. The van der Waals surface area contributed by atoms with E-state index in [0.29, 0.717) is 22.5 Å². The molecule has 0 saturated heterocycles. The zero-order valence-electron chi connectivity index (χ0n) is 19.0. The van der Waals surface area contributed by atoms with Gasteiger partial charge >= 0.3 is 0 Å². The summed E-state index contributed by atoms with van der Waals surface area (Å²) in [5.41, 5.74) is 1.94. The minimum atomic E-state index is 0.218. The van der Waals surface area contributed by atoms with Crippen LogP contribution in [0, 0.1) is 22.7 Å². The molecule has 2 fully saturated rings. The van der Waals surface area contributed by atoms with E-state index in [1.54, 1.807) is 7.11 Å². The van der Waals surface area contributed by atoms with Gasteiger partial charge in [-0.05, 0) is 69.1 Å². The van der Waals surface area contributed by atoms with Crippen LogP contribution < -0.4 is 0 Å². The van der Waals surface area contributed by atoms with Gasteiger partial charge in [0, 0.05) is 17.4 Å². The number of carbonyl (C=O) groups excluding carboxylic acids is 1. The summed E-state index contributed by atoms with van der Waals surface area (Å²) in [5, 5.41) is 0. The van der Waals surface area contributed by atoms with E-state index in [-0.39, 0.29) is 5.92 Å². The van der Waals surface area contributed by atoms with Crippen molar-refractivity contribution in [3.63, 3.8) is 0 Å². The van der Waals surface area contributed by atoms with E-state index in [2.05, 4.69) is 27.7 Å². The van der Waals surface area contributed by atoms with Crippen molar-refractivity contribution in [3.8, 4) is 0 Å². The fourth-order valence-corrected chi connectivity index (χ4v) is 5.95. The van der Waals surface area contributed by atoms with Crippen LogP contribution in [0.15, 0.2) is 11.3 Å². The molecule has 2 saturated carbocycles. The molecule has 0 spiro atoms. The molecule has 2 nitrogen and oxygen atoms in total. The molecule has 2 aliphatic rings. The Morgan fingerprint density at radius 2 is 1.15 bits per heavy atom. The molecule has 0 aromatic heterocycles. The lowest BCUT2D eigenvalue weighted by molar-refractivity contribution is -0.121. The number of allylic oxidation sites excluding steroid dienone is 2. The fourth-order valence-electron chi connectivity index (χ4n) is 5.95.